The lowest BCUT2D eigenvalue weighted by Crippen LogP contribution is -2.20. The van der Waals surface area contributed by atoms with Crippen molar-refractivity contribution in [3.63, 3.8) is 0 Å². The number of hydrogen-bond donors (Lipinski definition) is 1. The first-order chi connectivity index (χ1) is 13.8. The summed E-state index contributed by atoms with van der Waals surface area (Å²) in [6.45, 7) is 0.207. The highest BCUT2D eigenvalue weighted by Crippen LogP contribution is 2.38. The van der Waals surface area contributed by atoms with Crippen LogP contribution in [0.1, 0.15) is 11.1 Å². The van der Waals surface area contributed by atoms with E-state index in [1.54, 1.807) is 12.1 Å². The van der Waals surface area contributed by atoms with E-state index in [0.29, 0.717) is 22.8 Å². The molecule has 2 aromatic rings. The van der Waals surface area contributed by atoms with Crippen LogP contribution in [0.2, 0.25) is 0 Å². The lowest BCUT2D eigenvalue weighted by molar-refractivity contribution is -0.274. The summed E-state index contributed by atoms with van der Waals surface area (Å²) in [4.78, 5) is 12.0. The summed E-state index contributed by atoms with van der Waals surface area (Å²) in [5, 5.41) is 2.70. The third-order valence-corrected chi connectivity index (χ3v) is 3.73. The van der Waals surface area contributed by atoms with Crippen molar-refractivity contribution in [3.05, 3.63) is 53.6 Å². The van der Waals surface area contributed by atoms with Gasteiger partial charge < -0.3 is 24.3 Å². The van der Waals surface area contributed by atoms with Crippen LogP contribution in [0.15, 0.2) is 42.5 Å². The molecule has 6 nitrogen and oxygen atoms in total. The van der Waals surface area contributed by atoms with Gasteiger partial charge in [-0.25, -0.2) is 0 Å². The Hall–Kier alpha value is -3.36. The van der Waals surface area contributed by atoms with Gasteiger partial charge in [0.25, 0.3) is 0 Å². The normalized spacial score (nSPS) is 11.2. The molecule has 0 aromatic heterocycles. The molecule has 0 aliphatic rings. The van der Waals surface area contributed by atoms with Crippen molar-refractivity contribution < 1.29 is 36.9 Å². The highest BCUT2D eigenvalue weighted by molar-refractivity contribution is 5.91. The van der Waals surface area contributed by atoms with E-state index in [4.69, 9.17) is 14.2 Å². The number of carbonyl (C=O) groups excluding carboxylic acids is 1. The summed E-state index contributed by atoms with van der Waals surface area (Å²) in [6, 6.07) is 8.57. The maximum Gasteiger partial charge on any atom is 0.573 e. The van der Waals surface area contributed by atoms with Gasteiger partial charge in [-0.15, -0.1) is 13.2 Å². The van der Waals surface area contributed by atoms with Gasteiger partial charge in [0, 0.05) is 12.6 Å². The number of methoxy groups -OCH3 is 3. The average Bonchev–Trinajstić information content (AvgIpc) is 2.69. The summed E-state index contributed by atoms with van der Waals surface area (Å²) in [7, 11) is 4.48. The Kier molecular flexibility index (Phi) is 7.35. The number of ether oxygens (including phenoxy) is 4. The smallest absolute Gasteiger partial charge is 0.493 e. The first-order valence-electron chi connectivity index (χ1n) is 8.36. The van der Waals surface area contributed by atoms with Gasteiger partial charge in [0.05, 0.1) is 21.3 Å². The fraction of sp³-hybridized carbons (Fsp3) is 0.250. The minimum absolute atomic E-state index is 0.207. The zero-order valence-electron chi connectivity index (χ0n) is 16.0. The maximum atomic E-state index is 12.1. The number of carbonyl (C=O) groups is 1. The molecule has 0 fully saturated rings. The molecule has 156 valence electrons. The molecule has 9 heteroatoms. The lowest BCUT2D eigenvalue weighted by atomic mass is 10.1. The predicted octanol–water partition coefficient (Wildman–Crippen LogP) is 3.94. The lowest BCUT2D eigenvalue weighted by Gasteiger charge is -2.14. The van der Waals surface area contributed by atoms with Crippen LogP contribution < -0.4 is 24.3 Å². The minimum atomic E-state index is -4.75. The summed E-state index contributed by atoms with van der Waals surface area (Å²) in [5.74, 6) is 0.666. The van der Waals surface area contributed by atoms with Gasteiger partial charge in [-0.05, 0) is 41.5 Å². The van der Waals surface area contributed by atoms with E-state index < -0.39 is 6.36 Å². The van der Waals surface area contributed by atoms with Crippen molar-refractivity contribution in [3.8, 4) is 23.0 Å². The van der Waals surface area contributed by atoms with Crippen molar-refractivity contribution in [2.45, 2.75) is 12.9 Å². The fourth-order valence-corrected chi connectivity index (χ4v) is 2.44. The molecule has 2 aromatic carbocycles. The minimum Gasteiger partial charge on any atom is -0.493 e. The van der Waals surface area contributed by atoms with E-state index >= 15 is 0 Å². The second-order valence-electron chi connectivity index (χ2n) is 5.70. The topological polar surface area (TPSA) is 66.0 Å². The van der Waals surface area contributed by atoms with Crippen LogP contribution in [0.3, 0.4) is 0 Å². The summed E-state index contributed by atoms with van der Waals surface area (Å²) in [6.07, 6.45) is -2.00. The Labute approximate surface area is 165 Å². The van der Waals surface area contributed by atoms with Crippen LogP contribution in [-0.2, 0) is 11.3 Å². The molecule has 0 bridgehead atoms. The van der Waals surface area contributed by atoms with E-state index in [-0.39, 0.29) is 18.2 Å². The number of nitrogens with one attached hydrogen (secondary N) is 1. The van der Waals surface area contributed by atoms with Crippen molar-refractivity contribution >= 4 is 12.0 Å². The molecule has 0 unspecified atom stereocenters. The Morgan fingerprint density at radius 1 is 1.00 bits per heavy atom. The average molecular weight is 411 g/mol. The highest BCUT2D eigenvalue weighted by atomic mass is 19.4. The summed E-state index contributed by atoms with van der Waals surface area (Å²) >= 11 is 0. The van der Waals surface area contributed by atoms with E-state index in [0.717, 1.165) is 5.56 Å². The quantitative estimate of drug-likeness (QED) is 0.667. The van der Waals surface area contributed by atoms with Gasteiger partial charge in [-0.1, -0.05) is 12.1 Å². The van der Waals surface area contributed by atoms with Crippen molar-refractivity contribution in [1.82, 2.24) is 5.32 Å². The van der Waals surface area contributed by atoms with Crippen LogP contribution in [-0.4, -0.2) is 33.6 Å². The third kappa shape index (κ3) is 6.63. The Bertz CT molecular complexity index is 838. The van der Waals surface area contributed by atoms with Gasteiger partial charge in [0.15, 0.2) is 11.5 Å². The van der Waals surface area contributed by atoms with Crippen molar-refractivity contribution in [2.75, 3.05) is 21.3 Å². The van der Waals surface area contributed by atoms with Gasteiger partial charge in [-0.2, -0.15) is 0 Å². The molecule has 1 N–H and O–H groups in total. The predicted molar refractivity (Wildman–Crippen MR) is 100 cm³/mol. The van der Waals surface area contributed by atoms with Crippen LogP contribution in [0.25, 0.3) is 6.08 Å². The van der Waals surface area contributed by atoms with E-state index in [9.17, 15) is 18.0 Å². The number of hydrogen-bond acceptors (Lipinski definition) is 5. The molecule has 0 spiro atoms. The number of amides is 1. The third-order valence-electron chi connectivity index (χ3n) is 3.73. The molecule has 0 saturated heterocycles. The first-order valence-corrected chi connectivity index (χ1v) is 8.36. The summed E-state index contributed by atoms with van der Waals surface area (Å²) < 4.78 is 56.0. The molecule has 1 amide bonds. The molecule has 0 saturated carbocycles. The second-order valence-corrected chi connectivity index (χ2v) is 5.70. The van der Waals surface area contributed by atoms with E-state index in [2.05, 4.69) is 10.1 Å². The number of halogens is 3. The Morgan fingerprint density at radius 2 is 1.59 bits per heavy atom. The van der Waals surface area contributed by atoms with Crippen molar-refractivity contribution in [2.24, 2.45) is 0 Å². The van der Waals surface area contributed by atoms with Crippen LogP contribution in [0, 0.1) is 0 Å². The molecule has 29 heavy (non-hydrogen) atoms. The number of benzene rings is 2. The van der Waals surface area contributed by atoms with E-state index in [1.165, 1.54) is 57.7 Å². The van der Waals surface area contributed by atoms with Crippen LogP contribution in [0.4, 0.5) is 13.2 Å². The molecular weight excluding hydrogens is 391 g/mol. The van der Waals surface area contributed by atoms with E-state index in [1.807, 2.05) is 0 Å². The van der Waals surface area contributed by atoms with Crippen molar-refractivity contribution in [1.29, 1.82) is 0 Å². The van der Waals surface area contributed by atoms with Gasteiger partial charge in [-0.3, -0.25) is 4.79 Å². The van der Waals surface area contributed by atoms with Crippen LogP contribution >= 0.6 is 0 Å². The number of alkyl halides is 3. The second kappa shape index (κ2) is 9.72. The Balaban J connectivity index is 1.97. The van der Waals surface area contributed by atoms with Gasteiger partial charge >= 0.3 is 6.36 Å². The SMILES string of the molecule is COc1cc(CNC(=O)/C=C/c2ccc(OC(F)(F)F)cc2)cc(OC)c1OC. The summed E-state index contributed by atoms with van der Waals surface area (Å²) in [5.41, 5.74) is 1.28. The van der Waals surface area contributed by atoms with Gasteiger partial charge in [0.1, 0.15) is 5.75 Å². The molecule has 0 aliphatic heterocycles. The highest BCUT2D eigenvalue weighted by Gasteiger charge is 2.30. The molecule has 0 atom stereocenters. The fourth-order valence-electron chi connectivity index (χ4n) is 2.44. The molecule has 0 radical (unpaired) electrons. The zero-order chi connectivity index (χ0) is 21.4. The monoisotopic (exact) mass is 411 g/mol. The standard InChI is InChI=1S/C20H20F3NO5/c1-26-16-10-14(11-17(27-2)19(16)28-3)12-24-18(25)9-6-13-4-7-15(8-5-13)29-20(21,22)23/h4-11H,12H2,1-3H3,(H,24,25)/b9-6+. The molecule has 0 aliphatic carbocycles. The number of rotatable bonds is 8. The molecular formula is C20H20F3NO5. The zero-order valence-corrected chi connectivity index (χ0v) is 16.0. The molecule has 0 heterocycles. The molecule has 2 rings (SSSR count). The first kappa shape index (κ1) is 21.9. The van der Waals surface area contributed by atoms with Crippen LogP contribution in [0.5, 0.6) is 23.0 Å². The maximum absolute atomic E-state index is 12.1. The largest absolute Gasteiger partial charge is 0.573 e. The van der Waals surface area contributed by atoms with Gasteiger partial charge in [0.2, 0.25) is 11.7 Å². The Morgan fingerprint density at radius 3 is 2.07 bits per heavy atom.